The van der Waals surface area contributed by atoms with Gasteiger partial charge in [0.2, 0.25) is 0 Å². The van der Waals surface area contributed by atoms with Crippen molar-refractivity contribution in [1.29, 1.82) is 0 Å². The lowest BCUT2D eigenvalue weighted by molar-refractivity contribution is 0.112. The van der Waals surface area contributed by atoms with Crippen LogP contribution in [0.5, 0.6) is 5.75 Å². The highest BCUT2D eigenvalue weighted by Gasteiger charge is 2.13. The van der Waals surface area contributed by atoms with Crippen molar-refractivity contribution in [2.45, 2.75) is 6.92 Å². The molecule has 1 aromatic heterocycles. The minimum absolute atomic E-state index is 0.557. The lowest BCUT2D eigenvalue weighted by Crippen LogP contribution is -1.93. The topological polar surface area (TPSA) is 44.1 Å². The quantitative estimate of drug-likeness (QED) is 0.699. The van der Waals surface area contributed by atoms with Crippen LogP contribution in [0.15, 0.2) is 12.1 Å². The first-order chi connectivity index (χ1) is 7.19. The fourth-order valence-electron chi connectivity index (χ4n) is 1.85. The van der Waals surface area contributed by atoms with Gasteiger partial charge in [-0.15, -0.1) is 0 Å². The van der Waals surface area contributed by atoms with Gasteiger partial charge in [0.15, 0.2) is 6.29 Å². The fourth-order valence-corrected chi connectivity index (χ4v) is 1.85. The van der Waals surface area contributed by atoms with Gasteiger partial charge in [-0.2, -0.15) is 5.10 Å². The number of benzene rings is 1. The summed E-state index contributed by atoms with van der Waals surface area (Å²) in [5.74, 6) is 0.605. The average Bonchev–Trinajstić information content (AvgIpc) is 2.53. The van der Waals surface area contributed by atoms with E-state index in [-0.39, 0.29) is 0 Å². The van der Waals surface area contributed by atoms with Gasteiger partial charge in [0.05, 0.1) is 29.3 Å². The summed E-state index contributed by atoms with van der Waals surface area (Å²) in [4.78, 5) is 10.8. The largest absolute Gasteiger partial charge is 0.495 e. The molecule has 0 radical (unpaired) electrons. The Morgan fingerprint density at radius 2 is 2.20 bits per heavy atom. The van der Waals surface area contributed by atoms with Crippen LogP contribution in [0.3, 0.4) is 0 Å². The second-order valence-corrected chi connectivity index (χ2v) is 3.41. The Morgan fingerprint density at radius 1 is 1.47 bits per heavy atom. The Bertz CT molecular complexity index is 529. The number of hydrogen-bond donors (Lipinski definition) is 0. The number of nitrogens with zero attached hydrogens (tertiary/aromatic N) is 2. The highest BCUT2D eigenvalue weighted by Crippen LogP contribution is 2.30. The van der Waals surface area contributed by atoms with Crippen LogP contribution in [-0.2, 0) is 7.05 Å². The molecule has 0 fully saturated rings. The van der Waals surface area contributed by atoms with Gasteiger partial charge in [-0.1, -0.05) is 0 Å². The molecule has 0 amide bonds. The first-order valence-electron chi connectivity index (χ1n) is 4.64. The molecule has 0 spiro atoms. The number of carbonyl (C=O) groups excluding carboxylic acids is 1. The molecule has 0 aliphatic carbocycles. The number of ether oxygens (including phenoxy) is 1. The molecule has 0 bridgehead atoms. The molecule has 1 heterocycles. The molecule has 0 aliphatic heterocycles. The molecule has 78 valence electrons. The maximum Gasteiger partial charge on any atom is 0.153 e. The van der Waals surface area contributed by atoms with E-state index in [0.717, 1.165) is 22.9 Å². The van der Waals surface area contributed by atoms with E-state index in [2.05, 4.69) is 5.10 Å². The molecule has 0 unspecified atom stereocenters. The number of aromatic nitrogens is 2. The molecule has 0 saturated heterocycles. The number of hydrogen-bond acceptors (Lipinski definition) is 3. The maximum absolute atomic E-state index is 10.8. The second kappa shape index (κ2) is 3.38. The SMILES string of the molecule is COc1c(C=O)ccc2c1c(C)nn2C. The van der Waals surface area contributed by atoms with Crippen molar-refractivity contribution in [3.8, 4) is 5.75 Å². The second-order valence-electron chi connectivity index (χ2n) is 3.41. The van der Waals surface area contributed by atoms with E-state index in [1.165, 1.54) is 0 Å². The van der Waals surface area contributed by atoms with E-state index in [0.29, 0.717) is 11.3 Å². The summed E-state index contributed by atoms with van der Waals surface area (Å²) in [7, 11) is 3.43. The Labute approximate surface area is 87.5 Å². The zero-order valence-electron chi connectivity index (χ0n) is 8.94. The summed E-state index contributed by atoms with van der Waals surface area (Å²) >= 11 is 0. The number of carbonyl (C=O) groups is 1. The zero-order valence-corrected chi connectivity index (χ0v) is 8.94. The zero-order chi connectivity index (χ0) is 11.0. The third kappa shape index (κ3) is 1.29. The van der Waals surface area contributed by atoms with Crippen molar-refractivity contribution in [2.75, 3.05) is 7.11 Å². The van der Waals surface area contributed by atoms with Crippen LogP contribution in [0.2, 0.25) is 0 Å². The van der Waals surface area contributed by atoms with Gasteiger partial charge >= 0.3 is 0 Å². The number of methoxy groups -OCH3 is 1. The molecular formula is C11H12N2O2. The van der Waals surface area contributed by atoms with Gasteiger partial charge in [-0.25, -0.2) is 0 Å². The van der Waals surface area contributed by atoms with Crippen molar-refractivity contribution in [2.24, 2.45) is 7.05 Å². The van der Waals surface area contributed by atoms with Crippen molar-refractivity contribution >= 4 is 17.2 Å². The molecule has 15 heavy (non-hydrogen) atoms. The normalized spacial score (nSPS) is 10.6. The Hall–Kier alpha value is -1.84. The summed E-state index contributed by atoms with van der Waals surface area (Å²) in [6.07, 6.45) is 0.796. The van der Waals surface area contributed by atoms with Gasteiger partial charge in [0.1, 0.15) is 5.75 Å². The molecule has 4 nitrogen and oxygen atoms in total. The molecule has 0 saturated carbocycles. The van der Waals surface area contributed by atoms with Crippen LogP contribution < -0.4 is 4.74 Å². The minimum atomic E-state index is 0.557. The molecule has 0 N–H and O–H groups in total. The predicted molar refractivity (Wildman–Crippen MR) is 57.4 cm³/mol. The standard InChI is InChI=1S/C11H12N2O2/c1-7-10-9(13(2)12-7)5-4-8(6-14)11(10)15-3/h4-6H,1-3H3. The number of rotatable bonds is 2. The van der Waals surface area contributed by atoms with Gasteiger partial charge in [0.25, 0.3) is 0 Å². The van der Waals surface area contributed by atoms with Crippen LogP contribution in [0.25, 0.3) is 10.9 Å². The molecule has 2 aromatic rings. The Kier molecular flexibility index (Phi) is 2.19. The van der Waals surface area contributed by atoms with Gasteiger partial charge < -0.3 is 4.74 Å². The predicted octanol–water partition coefficient (Wildman–Crippen LogP) is 1.70. The summed E-state index contributed by atoms with van der Waals surface area (Å²) in [5, 5.41) is 5.20. The monoisotopic (exact) mass is 204 g/mol. The molecule has 2 rings (SSSR count). The van der Waals surface area contributed by atoms with E-state index in [4.69, 9.17) is 4.74 Å². The fraction of sp³-hybridized carbons (Fsp3) is 0.273. The van der Waals surface area contributed by atoms with Crippen molar-refractivity contribution < 1.29 is 9.53 Å². The lowest BCUT2D eigenvalue weighted by Gasteiger charge is -2.05. The first-order valence-corrected chi connectivity index (χ1v) is 4.64. The van der Waals surface area contributed by atoms with Crippen molar-refractivity contribution in [1.82, 2.24) is 9.78 Å². The molecule has 0 aliphatic rings. The third-order valence-electron chi connectivity index (χ3n) is 2.51. The molecule has 0 atom stereocenters. The molecule has 4 heteroatoms. The smallest absolute Gasteiger partial charge is 0.153 e. The maximum atomic E-state index is 10.8. The van der Waals surface area contributed by atoms with Gasteiger partial charge in [0, 0.05) is 7.05 Å². The number of aryl methyl sites for hydroxylation is 2. The van der Waals surface area contributed by atoms with Crippen molar-refractivity contribution in [3.05, 3.63) is 23.4 Å². The molecular weight excluding hydrogens is 192 g/mol. The highest BCUT2D eigenvalue weighted by molar-refractivity contribution is 5.96. The summed E-state index contributed by atoms with van der Waals surface area (Å²) in [6, 6.07) is 3.62. The number of fused-ring (bicyclic) bond motifs is 1. The Morgan fingerprint density at radius 3 is 2.80 bits per heavy atom. The summed E-state index contributed by atoms with van der Waals surface area (Å²) < 4.78 is 7.04. The third-order valence-corrected chi connectivity index (χ3v) is 2.51. The molecule has 1 aromatic carbocycles. The van der Waals surface area contributed by atoms with Gasteiger partial charge in [-0.3, -0.25) is 9.48 Å². The minimum Gasteiger partial charge on any atom is -0.495 e. The van der Waals surface area contributed by atoms with Crippen LogP contribution >= 0.6 is 0 Å². The van der Waals surface area contributed by atoms with E-state index >= 15 is 0 Å². The van der Waals surface area contributed by atoms with E-state index in [1.54, 1.807) is 17.9 Å². The van der Waals surface area contributed by atoms with Crippen LogP contribution in [0.4, 0.5) is 0 Å². The van der Waals surface area contributed by atoms with Crippen LogP contribution in [-0.4, -0.2) is 23.2 Å². The average molecular weight is 204 g/mol. The number of aldehydes is 1. The van der Waals surface area contributed by atoms with E-state index in [1.807, 2.05) is 20.0 Å². The Balaban J connectivity index is 2.92. The highest BCUT2D eigenvalue weighted by atomic mass is 16.5. The van der Waals surface area contributed by atoms with Crippen LogP contribution in [0.1, 0.15) is 16.1 Å². The van der Waals surface area contributed by atoms with Crippen molar-refractivity contribution in [3.63, 3.8) is 0 Å². The first kappa shape index (κ1) is 9.71. The summed E-state index contributed by atoms with van der Waals surface area (Å²) in [6.45, 7) is 1.90. The van der Waals surface area contributed by atoms with E-state index < -0.39 is 0 Å². The van der Waals surface area contributed by atoms with Crippen LogP contribution in [0, 0.1) is 6.92 Å². The summed E-state index contributed by atoms with van der Waals surface area (Å²) in [5.41, 5.74) is 2.39. The van der Waals surface area contributed by atoms with E-state index in [9.17, 15) is 4.79 Å². The van der Waals surface area contributed by atoms with Gasteiger partial charge in [-0.05, 0) is 19.1 Å². The lowest BCUT2D eigenvalue weighted by atomic mass is 10.1.